The number of rotatable bonds is 9. The van der Waals surface area contributed by atoms with E-state index in [2.05, 4.69) is 10.6 Å². The van der Waals surface area contributed by atoms with Crippen molar-refractivity contribution in [3.63, 3.8) is 0 Å². The molecule has 0 aliphatic carbocycles. The van der Waals surface area contributed by atoms with Gasteiger partial charge in [0.25, 0.3) is 0 Å². The van der Waals surface area contributed by atoms with Crippen molar-refractivity contribution in [2.24, 2.45) is 5.73 Å². The van der Waals surface area contributed by atoms with Gasteiger partial charge in [-0.05, 0) is 24.1 Å². The number of hydrogen-bond donors (Lipinski definition) is 3. The number of unbranched alkanes of at least 4 members (excludes halogenated alkanes) is 1. The molecule has 3 amide bonds. The zero-order chi connectivity index (χ0) is 18.1. The van der Waals surface area contributed by atoms with Gasteiger partial charge in [-0.25, -0.2) is 4.39 Å². The molecule has 24 heavy (non-hydrogen) atoms. The second kappa shape index (κ2) is 9.64. The van der Waals surface area contributed by atoms with E-state index in [-0.39, 0.29) is 18.1 Å². The van der Waals surface area contributed by atoms with E-state index in [0.717, 1.165) is 12.8 Å². The Morgan fingerprint density at radius 3 is 2.25 bits per heavy atom. The van der Waals surface area contributed by atoms with Gasteiger partial charge in [0.15, 0.2) is 0 Å². The molecule has 0 unspecified atom stereocenters. The second-order valence-electron chi connectivity index (χ2n) is 5.69. The molecule has 6 nitrogen and oxygen atoms in total. The molecule has 0 spiro atoms. The van der Waals surface area contributed by atoms with E-state index in [9.17, 15) is 18.8 Å². The lowest BCUT2D eigenvalue weighted by molar-refractivity contribution is -0.130. The third kappa shape index (κ3) is 6.76. The molecular formula is C17H24FN3O3. The third-order valence-corrected chi connectivity index (χ3v) is 3.55. The number of amides is 3. The molecule has 2 atom stereocenters. The fourth-order valence-corrected chi connectivity index (χ4v) is 2.28. The molecule has 0 fully saturated rings. The van der Waals surface area contributed by atoms with Crippen molar-refractivity contribution < 1.29 is 18.8 Å². The Balaban J connectivity index is 2.81. The van der Waals surface area contributed by atoms with Crippen LogP contribution in [0.5, 0.6) is 0 Å². The number of benzene rings is 1. The molecule has 0 radical (unpaired) electrons. The molecule has 7 heteroatoms. The topological polar surface area (TPSA) is 101 Å². The molecule has 4 N–H and O–H groups in total. The lowest BCUT2D eigenvalue weighted by atomic mass is 10.0. The van der Waals surface area contributed by atoms with Gasteiger partial charge < -0.3 is 16.4 Å². The molecule has 0 aromatic heterocycles. The summed E-state index contributed by atoms with van der Waals surface area (Å²) in [6, 6.07) is 4.01. The van der Waals surface area contributed by atoms with E-state index in [1.165, 1.54) is 19.1 Å². The van der Waals surface area contributed by atoms with Crippen LogP contribution in [0.2, 0.25) is 0 Å². The molecular weight excluding hydrogens is 313 g/mol. The van der Waals surface area contributed by atoms with Crippen LogP contribution < -0.4 is 16.4 Å². The highest BCUT2D eigenvalue weighted by Crippen LogP contribution is 2.07. The van der Waals surface area contributed by atoms with E-state index < -0.39 is 23.9 Å². The SMILES string of the molecule is CCCC[C@H](NC(=O)[C@@H](Cc1ccc(F)cc1)NC(C)=O)C(N)=O. The Hall–Kier alpha value is -2.44. The summed E-state index contributed by atoms with van der Waals surface area (Å²) in [6.45, 7) is 3.27. The first kappa shape index (κ1) is 19.6. The molecule has 0 aliphatic heterocycles. The maximum atomic E-state index is 13.0. The lowest BCUT2D eigenvalue weighted by Crippen LogP contribution is -2.53. The average molecular weight is 337 g/mol. The van der Waals surface area contributed by atoms with E-state index in [1.54, 1.807) is 12.1 Å². The standard InChI is InChI=1S/C17H24FN3O3/c1-3-4-5-14(16(19)23)21-17(24)15(20-11(2)22)10-12-6-8-13(18)9-7-12/h6-9,14-15H,3-5,10H2,1-2H3,(H2,19,23)(H,20,22)(H,21,24)/t14-,15+/m0/s1. The van der Waals surface area contributed by atoms with Gasteiger partial charge in [0, 0.05) is 13.3 Å². The highest BCUT2D eigenvalue weighted by Gasteiger charge is 2.24. The van der Waals surface area contributed by atoms with E-state index in [0.29, 0.717) is 12.0 Å². The van der Waals surface area contributed by atoms with Crippen molar-refractivity contribution in [2.75, 3.05) is 0 Å². The maximum Gasteiger partial charge on any atom is 0.243 e. The number of hydrogen-bond acceptors (Lipinski definition) is 3. The number of nitrogens with two attached hydrogens (primary N) is 1. The zero-order valence-electron chi connectivity index (χ0n) is 14.0. The molecule has 0 heterocycles. The second-order valence-corrected chi connectivity index (χ2v) is 5.69. The van der Waals surface area contributed by atoms with Crippen LogP contribution in [0.1, 0.15) is 38.7 Å². The van der Waals surface area contributed by atoms with Gasteiger partial charge in [-0.2, -0.15) is 0 Å². The van der Waals surface area contributed by atoms with Crippen molar-refractivity contribution in [1.82, 2.24) is 10.6 Å². The first-order valence-corrected chi connectivity index (χ1v) is 7.94. The Bertz CT molecular complexity index is 575. The summed E-state index contributed by atoms with van der Waals surface area (Å²) in [5.41, 5.74) is 6.00. The highest BCUT2D eigenvalue weighted by atomic mass is 19.1. The Morgan fingerprint density at radius 1 is 1.12 bits per heavy atom. The predicted octanol–water partition coefficient (Wildman–Crippen LogP) is 1.03. The van der Waals surface area contributed by atoms with Crippen molar-refractivity contribution in [3.8, 4) is 0 Å². The molecule has 1 aromatic rings. The van der Waals surface area contributed by atoms with Crippen LogP contribution >= 0.6 is 0 Å². The van der Waals surface area contributed by atoms with Gasteiger partial charge in [0.2, 0.25) is 17.7 Å². The Morgan fingerprint density at radius 2 is 1.75 bits per heavy atom. The number of nitrogens with one attached hydrogen (secondary N) is 2. The third-order valence-electron chi connectivity index (χ3n) is 3.55. The molecule has 0 bridgehead atoms. The molecule has 0 saturated carbocycles. The summed E-state index contributed by atoms with van der Waals surface area (Å²) < 4.78 is 13.0. The molecule has 1 rings (SSSR count). The van der Waals surface area contributed by atoms with E-state index >= 15 is 0 Å². The number of carbonyl (C=O) groups is 3. The van der Waals surface area contributed by atoms with Crippen molar-refractivity contribution in [3.05, 3.63) is 35.6 Å². The fourth-order valence-electron chi connectivity index (χ4n) is 2.28. The highest BCUT2D eigenvalue weighted by molar-refractivity contribution is 5.91. The normalized spacial score (nSPS) is 13.0. The van der Waals surface area contributed by atoms with Crippen LogP contribution in [0.25, 0.3) is 0 Å². The average Bonchev–Trinajstić information content (AvgIpc) is 2.52. The van der Waals surface area contributed by atoms with E-state index in [4.69, 9.17) is 5.73 Å². The Kier molecular flexibility index (Phi) is 7.88. The Labute approximate surface area is 141 Å². The van der Waals surface area contributed by atoms with Crippen LogP contribution in [0.15, 0.2) is 24.3 Å². The van der Waals surface area contributed by atoms with Gasteiger partial charge in [-0.1, -0.05) is 31.9 Å². The molecule has 132 valence electrons. The number of halogens is 1. The van der Waals surface area contributed by atoms with Gasteiger partial charge in [0.1, 0.15) is 17.9 Å². The summed E-state index contributed by atoms with van der Waals surface area (Å²) >= 11 is 0. The van der Waals surface area contributed by atoms with Gasteiger partial charge in [-0.3, -0.25) is 14.4 Å². The van der Waals surface area contributed by atoms with Crippen molar-refractivity contribution in [1.29, 1.82) is 0 Å². The van der Waals surface area contributed by atoms with Gasteiger partial charge in [0.05, 0.1) is 0 Å². The summed E-state index contributed by atoms with van der Waals surface area (Å²) in [6.07, 6.45) is 2.24. The van der Waals surface area contributed by atoms with Gasteiger partial charge >= 0.3 is 0 Å². The van der Waals surface area contributed by atoms with Crippen LogP contribution in [0, 0.1) is 5.82 Å². The van der Waals surface area contributed by atoms with E-state index in [1.807, 2.05) is 6.92 Å². The maximum absolute atomic E-state index is 13.0. The minimum atomic E-state index is -0.864. The minimum absolute atomic E-state index is 0.185. The van der Waals surface area contributed by atoms with Crippen LogP contribution in [-0.4, -0.2) is 29.8 Å². The lowest BCUT2D eigenvalue weighted by Gasteiger charge is -2.21. The summed E-state index contributed by atoms with van der Waals surface area (Å²) in [5, 5.41) is 5.13. The van der Waals surface area contributed by atoms with Crippen LogP contribution in [0.4, 0.5) is 4.39 Å². The molecule has 1 aromatic carbocycles. The predicted molar refractivity (Wildman–Crippen MR) is 88.4 cm³/mol. The monoisotopic (exact) mass is 337 g/mol. The van der Waals surface area contributed by atoms with Crippen molar-refractivity contribution >= 4 is 17.7 Å². The molecule has 0 saturated heterocycles. The zero-order valence-corrected chi connectivity index (χ0v) is 14.0. The summed E-state index contributed by atoms with van der Waals surface area (Å²) in [4.78, 5) is 35.2. The quantitative estimate of drug-likeness (QED) is 0.627. The summed E-state index contributed by atoms with van der Waals surface area (Å²) in [7, 11) is 0. The van der Waals surface area contributed by atoms with Crippen LogP contribution in [0.3, 0.4) is 0 Å². The number of carbonyl (C=O) groups excluding carboxylic acids is 3. The first-order chi connectivity index (χ1) is 11.3. The first-order valence-electron chi connectivity index (χ1n) is 7.94. The van der Waals surface area contributed by atoms with Crippen LogP contribution in [-0.2, 0) is 20.8 Å². The number of primary amides is 1. The fraction of sp³-hybridized carbons (Fsp3) is 0.471. The van der Waals surface area contributed by atoms with Crippen molar-refractivity contribution in [2.45, 2.75) is 51.6 Å². The molecule has 0 aliphatic rings. The van der Waals surface area contributed by atoms with Gasteiger partial charge in [-0.15, -0.1) is 0 Å². The largest absolute Gasteiger partial charge is 0.368 e. The summed E-state index contributed by atoms with van der Waals surface area (Å²) in [5.74, 6) is -1.86. The minimum Gasteiger partial charge on any atom is -0.368 e. The smallest absolute Gasteiger partial charge is 0.243 e.